The molecule has 6 nitrogen and oxygen atoms in total. The van der Waals surface area contributed by atoms with Crippen molar-refractivity contribution in [2.24, 2.45) is 7.05 Å². The van der Waals surface area contributed by atoms with Crippen LogP contribution >= 0.6 is 0 Å². The van der Waals surface area contributed by atoms with E-state index in [1.54, 1.807) is 35.9 Å². The minimum Gasteiger partial charge on any atom is -0.392 e. The second-order valence-corrected chi connectivity index (χ2v) is 5.89. The number of hydrogen-bond acceptors (Lipinski definition) is 4. The molecule has 0 amide bonds. The van der Waals surface area contributed by atoms with Crippen LogP contribution in [-0.2, 0) is 30.2 Å². The van der Waals surface area contributed by atoms with Gasteiger partial charge in [0.05, 0.1) is 12.9 Å². The molecule has 2 rings (SSSR count). The molecule has 0 aliphatic rings. The molecule has 0 unspecified atom stereocenters. The third kappa shape index (κ3) is 3.40. The number of benzene rings is 1. The number of sulfonamides is 1. The Labute approximate surface area is 111 Å². The molecule has 0 radical (unpaired) electrons. The first kappa shape index (κ1) is 13.7. The molecule has 0 spiro atoms. The lowest BCUT2D eigenvalue weighted by Crippen LogP contribution is -2.23. The SMILES string of the molecule is Cn1cnc(S(=O)(=O)NCc2cccc(CO)c2)c1. The van der Waals surface area contributed by atoms with Crippen molar-refractivity contribution in [3.05, 3.63) is 47.9 Å². The molecule has 0 saturated heterocycles. The molecule has 1 aromatic carbocycles. The first-order valence-corrected chi connectivity index (χ1v) is 7.16. The lowest BCUT2D eigenvalue weighted by molar-refractivity contribution is 0.281. The molecule has 102 valence electrons. The Morgan fingerprint density at radius 3 is 2.74 bits per heavy atom. The van der Waals surface area contributed by atoms with Crippen LogP contribution in [0.25, 0.3) is 0 Å². The predicted octanol–water partition coefficient (Wildman–Crippen LogP) is 0.391. The Morgan fingerprint density at radius 2 is 2.11 bits per heavy atom. The second kappa shape index (κ2) is 5.52. The summed E-state index contributed by atoms with van der Waals surface area (Å²) in [6, 6.07) is 7.09. The van der Waals surface area contributed by atoms with Crippen LogP contribution in [-0.4, -0.2) is 23.1 Å². The Kier molecular flexibility index (Phi) is 3.98. The van der Waals surface area contributed by atoms with Crippen LogP contribution < -0.4 is 4.72 Å². The summed E-state index contributed by atoms with van der Waals surface area (Å²) in [6.07, 6.45) is 2.87. The van der Waals surface area contributed by atoms with Gasteiger partial charge in [-0.3, -0.25) is 0 Å². The van der Waals surface area contributed by atoms with E-state index in [0.29, 0.717) is 0 Å². The third-order valence-electron chi connectivity index (χ3n) is 2.60. The zero-order valence-corrected chi connectivity index (χ0v) is 11.3. The Bertz CT molecular complexity index is 664. The third-order valence-corrected chi connectivity index (χ3v) is 3.88. The van der Waals surface area contributed by atoms with Crippen LogP contribution in [0.1, 0.15) is 11.1 Å². The van der Waals surface area contributed by atoms with Crippen LogP contribution in [0.15, 0.2) is 41.8 Å². The average molecular weight is 281 g/mol. The Hall–Kier alpha value is -1.70. The topological polar surface area (TPSA) is 84.2 Å². The van der Waals surface area contributed by atoms with Crippen molar-refractivity contribution < 1.29 is 13.5 Å². The predicted molar refractivity (Wildman–Crippen MR) is 69.6 cm³/mol. The standard InChI is InChI=1S/C12H15N3O3S/c1-15-7-12(13-9-15)19(17,18)14-6-10-3-2-4-11(5-10)8-16/h2-5,7,9,14,16H,6,8H2,1H3. The maximum atomic E-state index is 11.9. The van der Waals surface area contributed by atoms with Crippen molar-refractivity contribution in [1.29, 1.82) is 0 Å². The molecule has 7 heteroatoms. The van der Waals surface area contributed by atoms with Crippen molar-refractivity contribution in [3.63, 3.8) is 0 Å². The normalized spacial score (nSPS) is 11.7. The molecule has 0 bridgehead atoms. The van der Waals surface area contributed by atoms with Crippen LogP contribution in [0.5, 0.6) is 0 Å². The van der Waals surface area contributed by atoms with E-state index >= 15 is 0 Å². The quantitative estimate of drug-likeness (QED) is 0.830. The molecular formula is C12H15N3O3S. The first-order chi connectivity index (χ1) is 9.01. The van der Waals surface area contributed by atoms with Gasteiger partial charge in [-0.05, 0) is 11.1 Å². The van der Waals surface area contributed by atoms with Crippen LogP contribution in [0, 0.1) is 0 Å². The van der Waals surface area contributed by atoms with Gasteiger partial charge in [-0.1, -0.05) is 24.3 Å². The Balaban J connectivity index is 2.09. The molecule has 1 heterocycles. The number of nitrogens with one attached hydrogen (secondary N) is 1. The van der Waals surface area contributed by atoms with E-state index < -0.39 is 10.0 Å². The summed E-state index contributed by atoms with van der Waals surface area (Å²) >= 11 is 0. The number of aliphatic hydroxyl groups excluding tert-OH is 1. The van der Waals surface area contributed by atoms with Gasteiger partial charge in [-0.2, -0.15) is 0 Å². The van der Waals surface area contributed by atoms with E-state index in [9.17, 15) is 8.42 Å². The van der Waals surface area contributed by atoms with Crippen LogP contribution in [0.4, 0.5) is 0 Å². The highest BCUT2D eigenvalue weighted by atomic mass is 32.2. The molecule has 0 atom stereocenters. The Morgan fingerprint density at radius 1 is 1.37 bits per heavy atom. The molecule has 1 aromatic heterocycles. The van der Waals surface area contributed by atoms with Crippen molar-refractivity contribution >= 4 is 10.0 Å². The molecule has 2 aromatic rings. The van der Waals surface area contributed by atoms with Gasteiger partial charge in [-0.15, -0.1) is 0 Å². The van der Waals surface area contributed by atoms with E-state index in [1.165, 1.54) is 12.5 Å². The monoisotopic (exact) mass is 281 g/mol. The fraction of sp³-hybridized carbons (Fsp3) is 0.250. The van der Waals surface area contributed by atoms with E-state index in [1.807, 2.05) is 0 Å². The van der Waals surface area contributed by atoms with Crippen molar-refractivity contribution in [2.45, 2.75) is 18.2 Å². The number of nitrogens with zero attached hydrogens (tertiary/aromatic N) is 2. The minimum absolute atomic E-state index is 0.00619. The van der Waals surface area contributed by atoms with Gasteiger partial charge in [0.1, 0.15) is 0 Å². The lowest BCUT2D eigenvalue weighted by atomic mass is 10.1. The summed E-state index contributed by atoms with van der Waals surface area (Å²) in [7, 11) is -1.90. The zero-order valence-electron chi connectivity index (χ0n) is 10.4. The zero-order chi connectivity index (χ0) is 13.9. The molecule has 0 fully saturated rings. The van der Waals surface area contributed by atoms with Gasteiger partial charge >= 0.3 is 0 Å². The van der Waals surface area contributed by atoms with Gasteiger partial charge in [0, 0.05) is 19.8 Å². The maximum absolute atomic E-state index is 11.9. The fourth-order valence-electron chi connectivity index (χ4n) is 1.62. The molecule has 0 aliphatic heterocycles. The van der Waals surface area contributed by atoms with Gasteiger partial charge in [0.25, 0.3) is 10.0 Å². The highest BCUT2D eigenvalue weighted by molar-refractivity contribution is 7.89. The summed E-state index contributed by atoms with van der Waals surface area (Å²) in [5.74, 6) is 0. The number of aliphatic hydroxyl groups is 1. The highest BCUT2D eigenvalue weighted by Crippen LogP contribution is 2.08. The largest absolute Gasteiger partial charge is 0.392 e. The summed E-state index contributed by atoms with van der Waals surface area (Å²) in [4.78, 5) is 3.81. The number of rotatable bonds is 5. The van der Waals surface area contributed by atoms with Crippen LogP contribution in [0.2, 0.25) is 0 Å². The highest BCUT2D eigenvalue weighted by Gasteiger charge is 2.16. The number of imidazole rings is 1. The molecule has 19 heavy (non-hydrogen) atoms. The molecule has 2 N–H and O–H groups in total. The van der Waals surface area contributed by atoms with Crippen molar-refractivity contribution in [1.82, 2.24) is 14.3 Å². The average Bonchev–Trinajstić information content (AvgIpc) is 2.84. The molecular weight excluding hydrogens is 266 g/mol. The van der Waals surface area contributed by atoms with Crippen molar-refractivity contribution in [2.75, 3.05) is 0 Å². The summed E-state index contributed by atoms with van der Waals surface area (Å²) in [5.41, 5.74) is 1.53. The smallest absolute Gasteiger partial charge is 0.259 e. The van der Waals surface area contributed by atoms with Crippen LogP contribution in [0.3, 0.4) is 0 Å². The molecule has 0 aliphatic carbocycles. The van der Waals surface area contributed by atoms with Gasteiger partial charge in [-0.25, -0.2) is 18.1 Å². The lowest BCUT2D eigenvalue weighted by Gasteiger charge is -2.05. The first-order valence-electron chi connectivity index (χ1n) is 5.67. The van der Waals surface area contributed by atoms with Crippen molar-refractivity contribution in [3.8, 4) is 0 Å². The van der Waals surface area contributed by atoms with Gasteiger partial charge in [0.15, 0.2) is 5.03 Å². The van der Waals surface area contributed by atoms with E-state index in [4.69, 9.17) is 5.11 Å². The summed E-state index contributed by atoms with van der Waals surface area (Å²) < 4.78 is 27.9. The van der Waals surface area contributed by atoms with Gasteiger partial charge in [0.2, 0.25) is 0 Å². The van der Waals surface area contributed by atoms with E-state index in [0.717, 1.165) is 11.1 Å². The summed E-state index contributed by atoms with van der Waals surface area (Å²) in [5, 5.41) is 9.01. The number of aromatic nitrogens is 2. The minimum atomic E-state index is -3.60. The maximum Gasteiger partial charge on any atom is 0.259 e. The van der Waals surface area contributed by atoms with E-state index in [2.05, 4.69) is 9.71 Å². The second-order valence-electron chi connectivity index (χ2n) is 4.18. The van der Waals surface area contributed by atoms with E-state index in [-0.39, 0.29) is 18.2 Å². The summed E-state index contributed by atoms with van der Waals surface area (Å²) in [6.45, 7) is 0.0909. The number of aryl methyl sites for hydroxylation is 1. The van der Waals surface area contributed by atoms with Gasteiger partial charge < -0.3 is 9.67 Å². The number of hydrogen-bond donors (Lipinski definition) is 2. The fourth-order valence-corrected chi connectivity index (χ4v) is 2.61. The molecule has 0 saturated carbocycles.